The van der Waals surface area contributed by atoms with Gasteiger partial charge in [0.2, 0.25) is 5.91 Å². The topological polar surface area (TPSA) is 58.6 Å². The van der Waals surface area contributed by atoms with Gasteiger partial charge < -0.3 is 15.2 Å². The van der Waals surface area contributed by atoms with Crippen LogP contribution in [0.1, 0.15) is 42.9 Å². The van der Waals surface area contributed by atoms with Gasteiger partial charge in [-0.2, -0.15) is 0 Å². The van der Waals surface area contributed by atoms with E-state index in [-0.39, 0.29) is 12.5 Å². The van der Waals surface area contributed by atoms with Gasteiger partial charge in [0.05, 0.1) is 19.6 Å². The molecule has 0 heterocycles. The summed E-state index contributed by atoms with van der Waals surface area (Å²) in [6.07, 6.45) is 0.299. The van der Waals surface area contributed by atoms with Gasteiger partial charge in [0.15, 0.2) is 0 Å². The standard InChI is InChI=1S/C20H25NO3/c1-15(2)18-9-5-6-10-19(18)24-12-11-20(23)21-13-16-7-3-4-8-17(16)14-22/h3-10,15,22H,11-14H2,1-2H3,(H,21,23). The first kappa shape index (κ1) is 18.0. The Morgan fingerprint density at radius 3 is 2.46 bits per heavy atom. The number of aliphatic hydroxyl groups is 1. The second kappa shape index (κ2) is 9.08. The highest BCUT2D eigenvalue weighted by atomic mass is 16.5. The van der Waals surface area contributed by atoms with Crippen LogP contribution in [0.5, 0.6) is 5.75 Å². The minimum Gasteiger partial charge on any atom is -0.493 e. The third-order valence-electron chi connectivity index (χ3n) is 3.89. The van der Waals surface area contributed by atoms with Crippen molar-refractivity contribution < 1.29 is 14.6 Å². The van der Waals surface area contributed by atoms with Crippen LogP contribution in [-0.4, -0.2) is 17.6 Å². The van der Waals surface area contributed by atoms with Crippen LogP contribution in [0, 0.1) is 0 Å². The second-order valence-electron chi connectivity index (χ2n) is 5.99. The van der Waals surface area contributed by atoms with Crippen molar-refractivity contribution in [3.05, 3.63) is 65.2 Å². The Hall–Kier alpha value is -2.33. The maximum Gasteiger partial charge on any atom is 0.223 e. The van der Waals surface area contributed by atoms with E-state index in [1.165, 1.54) is 0 Å². The third-order valence-corrected chi connectivity index (χ3v) is 3.89. The molecule has 2 aromatic carbocycles. The molecule has 0 atom stereocenters. The van der Waals surface area contributed by atoms with Gasteiger partial charge in [0.1, 0.15) is 5.75 Å². The van der Waals surface area contributed by atoms with E-state index in [0.717, 1.165) is 22.4 Å². The molecule has 0 fully saturated rings. The number of amides is 1. The third kappa shape index (κ3) is 5.10. The minimum absolute atomic E-state index is 0.0266. The largest absolute Gasteiger partial charge is 0.493 e. The van der Waals surface area contributed by atoms with Crippen LogP contribution in [0.25, 0.3) is 0 Å². The number of hydrogen-bond acceptors (Lipinski definition) is 3. The molecule has 0 saturated carbocycles. The zero-order valence-electron chi connectivity index (χ0n) is 14.3. The number of ether oxygens (including phenoxy) is 1. The Morgan fingerprint density at radius 2 is 1.75 bits per heavy atom. The Balaban J connectivity index is 1.80. The van der Waals surface area contributed by atoms with Crippen molar-refractivity contribution in [2.24, 2.45) is 0 Å². The van der Waals surface area contributed by atoms with Gasteiger partial charge in [0, 0.05) is 6.54 Å². The number of aliphatic hydroxyl groups excluding tert-OH is 1. The van der Waals surface area contributed by atoms with Crippen molar-refractivity contribution in [3.63, 3.8) is 0 Å². The fourth-order valence-corrected chi connectivity index (χ4v) is 2.51. The average Bonchev–Trinajstić information content (AvgIpc) is 2.60. The van der Waals surface area contributed by atoms with E-state index in [4.69, 9.17) is 4.74 Å². The number of benzene rings is 2. The van der Waals surface area contributed by atoms with Crippen molar-refractivity contribution in [2.75, 3.05) is 6.61 Å². The number of carbonyl (C=O) groups is 1. The average molecular weight is 327 g/mol. The van der Waals surface area contributed by atoms with Crippen LogP contribution in [0.3, 0.4) is 0 Å². The summed E-state index contributed by atoms with van der Waals surface area (Å²) >= 11 is 0. The lowest BCUT2D eigenvalue weighted by molar-refractivity contribution is -0.121. The molecule has 0 unspecified atom stereocenters. The van der Waals surface area contributed by atoms with E-state index in [1.807, 2.05) is 48.5 Å². The highest BCUT2D eigenvalue weighted by Crippen LogP contribution is 2.25. The van der Waals surface area contributed by atoms with E-state index in [9.17, 15) is 9.90 Å². The van der Waals surface area contributed by atoms with Crippen molar-refractivity contribution in [1.82, 2.24) is 5.32 Å². The predicted molar refractivity (Wildman–Crippen MR) is 94.9 cm³/mol. The van der Waals surface area contributed by atoms with Gasteiger partial charge in [-0.25, -0.2) is 0 Å². The minimum atomic E-state index is -0.0650. The van der Waals surface area contributed by atoms with Crippen LogP contribution in [0.2, 0.25) is 0 Å². The molecule has 0 radical (unpaired) electrons. The molecule has 4 nitrogen and oxygen atoms in total. The smallest absolute Gasteiger partial charge is 0.223 e. The number of nitrogens with one attached hydrogen (secondary N) is 1. The first-order valence-electron chi connectivity index (χ1n) is 8.28. The van der Waals surface area contributed by atoms with Crippen molar-refractivity contribution in [3.8, 4) is 5.75 Å². The van der Waals surface area contributed by atoms with Gasteiger partial charge in [0.25, 0.3) is 0 Å². The van der Waals surface area contributed by atoms with Gasteiger partial charge in [-0.15, -0.1) is 0 Å². The zero-order valence-corrected chi connectivity index (χ0v) is 14.3. The van der Waals surface area contributed by atoms with Crippen LogP contribution >= 0.6 is 0 Å². The lowest BCUT2D eigenvalue weighted by Crippen LogP contribution is -2.25. The van der Waals surface area contributed by atoms with E-state index in [2.05, 4.69) is 19.2 Å². The lowest BCUT2D eigenvalue weighted by Gasteiger charge is -2.14. The summed E-state index contributed by atoms with van der Waals surface area (Å²) in [7, 11) is 0. The first-order chi connectivity index (χ1) is 11.6. The molecule has 4 heteroatoms. The predicted octanol–water partition coefficient (Wildman–Crippen LogP) is 3.39. The summed E-state index contributed by atoms with van der Waals surface area (Å²) in [5.74, 6) is 1.15. The molecule has 0 aliphatic rings. The lowest BCUT2D eigenvalue weighted by atomic mass is 10.0. The summed E-state index contributed by atoms with van der Waals surface area (Å²) in [4.78, 5) is 12.0. The first-order valence-corrected chi connectivity index (χ1v) is 8.28. The highest BCUT2D eigenvalue weighted by Gasteiger charge is 2.08. The Kier molecular flexibility index (Phi) is 6.82. The number of carbonyl (C=O) groups excluding carboxylic acids is 1. The van der Waals surface area contributed by atoms with Crippen molar-refractivity contribution >= 4 is 5.91 Å². The summed E-state index contributed by atoms with van der Waals surface area (Å²) < 4.78 is 5.77. The van der Waals surface area contributed by atoms with Gasteiger partial charge in [-0.1, -0.05) is 56.3 Å². The Bertz CT molecular complexity index is 667. The van der Waals surface area contributed by atoms with E-state index >= 15 is 0 Å². The fourth-order valence-electron chi connectivity index (χ4n) is 2.51. The summed E-state index contributed by atoms with van der Waals surface area (Å²) in [5.41, 5.74) is 2.91. The molecular weight excluding hydrogens is 302 g/mol. The maximum absolute atomic E-state index is 12.0. The van der Waals surface area contributed by atoms with Crippen LogP contribution in [0.15, 0.2) is 48.5 Å². The molecule has 2 rings (SSSR count). The Morgan fingerprint density at radius 1 is 1.08 bits per heavy atom. The van der Waals surface area contributed by atoms with Gasteiger partial charge in [-0.05, 0) is 28.7 Å². The SMILES string of the molecule is CC(C)c1ccccc1OCCC(=O)NCc1ccccc1CO. The summed E-state index contributed by atoms with van der Waals surface area (Å²) in [6.45, 7) is 4.97. The van der Waals surface area contributed by atoms with Crippen molar-refractivity contribution in [1.29, 1.82) is 0 Å². The Labute approximate surface area is 143 Å². The van der Waals surface area contributed by atoms with Gasteiger partial charge >= 0.3 is 0 Å². The molecule has 2 N–H and O–H groups in total. The number of para-hydroxylation sites is 1. The molecule has 24 heavy (non-hydrogen) atoms. The highest BCUT2D eigenvalue weighted by molar-refractivity contribution is 5.76. The number of rotatable bonds is 8. The van der Waals surface area contributed by atoms with E-state index in [0.29, 0.717) is 25.5 Å². The zero-order chi connectivity index (χ0) is 17.4. The quantitative estimate of drug-likeness (QED) is 0.781. The normalized spacial score (nSPS) is 10.7. The molecule has 0 aliphatic heterocycles. The van der Waals surface area contributed by atoms with Crippen molar-refractivity contribution in [2.45, 2.75) is 39.3 Å². The molecule has 128 valence electrons. The second-order valence-corrected chi connectivity index (χ2v) is 5.99. The van der Waals surface area contributed by atoms with Crippen LogP contribution in [0.4, 0.5) is 0 Å². The molecule has 2 aromatic rings. The summed E-state index contributed by atoms with van der Waals surface area (Å²) in [6, 6.07) is 15.4. The van der Waals surface area contributed by atoms with Crippen LogP contribution < -0.4 is 10.1 Å². The molecule has 0 aliphatic carbocycles. The maximum atomic E-state index is 12.0. The van der Waals surface area contributed by atoms with Crippen LogP contribution in [-0.2, 0) is 17.9 Å². The monoisotopic (exact) mass is 327 g/mol. The molecular formula is C20H25NO3. The summed E-state index contributed by atoms with van der Waals surface area (Å²) in [5, 5.41) is 12.2. The molecule has 0 bridgehead atoms. The van der Waals surface area contributed by atoms with E-state index in [1.54, 1.807) is 0 Å². The molecule has 0 spiro atoms. The molecule has 1 amide bonds. The molecule has 0 saturated heterocycles. The van der Waals surface area contributed by atoms with Gasteiger partial charge in [-0.3, -0.25) is 4.79 Å². The van der Waals surface area contributed by atoms with E-state index < -0.39 is 0 Å². The fraction of sp³-hybridized carbons (Fsp3) is 0.350. The number of hydrogen-bond donors (Lipinski definition) is 2. The molecule has 0 aromatic heterocycles.